The molecule has 43 heavy (non-hydrogen) atoms. The SMILES string of the molecule is O=C(CC1CCC2(CC1)CCN(Cc1ccc(C(F)(F)F)cn1)CC2)Nc1nnc(N[C@@H]2CCN(c3cccnn3)C2)s1. The van der Waals surface area contributed by atoms with Crippen LogP contribution >= 0.6 is 11.3 Å². The lowest BCUT2D eigenvalue weighted by molar-refractivity contribution is -0.137. The summed E-state index contributed by atoms with van der Waals surface area (Å²) in [5.74, 6) is 1.21. The van der Waals surface area contributed by atoms with Crippen molar-refractivity contribution in [3.05, 3.63) is 47.9 Å². The first kappa shape index (κ1) is 29.7. The molecule has 1 aliphatic carbocycles. The van der Waals surface area contributed by atoms with Gasteiger partial charge in [0.15, 0.2) is 5.82 Å². The van der Waals surface area contributed by atoms with E-state index >= 15 is 0 Å². The molecule has 5 heterocycles. The quantitative estimate of drug-likeness (QED) is 0.352. The van der Waals surface area contributed by atoms with Crippen molar-refractivity contribution in [2.24, 2.45) is 11.3 Å². The number of aromatic nitrogens is 5. The Labute approximate surface area is 252 Å². The Bertz CT molecular complexity index is 1350. The Morgan fingerprint density at radius 2 is 1.79 bits per heavy atom. The van der Waals surface area contributed by atoms with Gasteiger partial charge in [-0.1, -0.05) is 11.3 Å². The molecule has 3 aliphatic rings. The maximum atomic E-state index is 12.8. The summed E-state index contributed by atoms with van der Waals surface area (Å²) >= 11 is 1.36. The number of hydrogen-bond donors (Lipinski definition) is 2. The highest BCUT2D eigenvalue weighted by Gasteiger charge is 2.38. The fourth-order valence-corrected chi connectivity index (χ4v) is 7.32. The monoisotopic (exact) mass is 615 g/mol. The summed E-state index contributed by atoms with van der Waals surface area (Å²) < 4.78 is 38.4. The summed E-state index contributed by atoms with van der Waals surface area (Å²) in [5, 5.41) is 24.1. The number of halogens is 3. The number of likely N-dealkylation sites (tertiary alicyclic amines) is 1. The molecule has 0 bridgehead atoms. The van der Waals surface area contributed by atoms with Gasteiger partial charge in [-0.15, -0.1) is 15.3 Å². The standard InChI is InChI=1S/C29H36F3N9OS/c30-29(31,32)21-3-4-22(33-17-21)18-40-14-10-28(11-15-40)8-5-20(6-9-28)16-25(42)36-27-39-38-26(43-27)35-23-7-13-41(19-23)24-2-1-12-34-37-24/h1-4,12,17,20,23H,5-11,13-16,18-19H2,(H,35,38)(H,36,39,42)/t23-/m1/s1. The zero-order chi connectivity index (χ0) is 29.9. The number of hydrogen-bond acceptors (Lipinski definition) is 10. The fourth-order valence-electron chi connectivity index (χ4n) is 6.58. The van der Waals surface area contributed by atoms with Crippen molar-refractivity contribution in [2.75, 3.05) is 41.7 Å². The van der Waals surface area contributed by atoms with Crippen LogP contribution in [0.2, 0.25) is 0 Å². The van der Waals surface area contributed by atoms with Gasteiger partial charge in [-0.25, -0.2) is 0 Å². The summed E-state index contributed by atoms with van der Waals surface area (Å²) in [6.45, 7) is 4.10. The van der Waals surface area contributed by atoms with E-state index in [-0.39, 0.29) is 11.9 Å². The number of carbonyl (C=O) groups excluding carboxylic acids is 1. The number of pyridine rings is 1. The predicted octanol–water partition coefficient (Wildman–Crippen LogP) is 5.23. The number of nitrogens with one attached hydrogen (secondary N) is 2. The predicted molar refractivity (Wildman–Crippen MR) is 158 cm³/mol. The zero-order valence-electron chi connectivity index (χ0n) is 23.9. The molecule has 3 aromatic rings. The topological polar surface area (TPSA) is 112 Å². The molecule has 1 atom stereocenters. The molecule has 2 aliphatic heterocycles. The number of rotatable bonds is 8. The summed E-state index contributed by atoms with van der Waals surface area (Å²) in [5.41, 5.74) is 0.260. The van der Waals surface area contributed by atoms with Gasteiger partial charge in [-0.2, -0.15) is 18.3 Å². The highest BCUT2D eigenvalue weighted by atomic mass is 32.1. The van der Waals surface area contributed by atoms with E-state index in [4.69, 9.17) is 0 Å². The third-order valence-corrected chi connectivity index (χ3v) is 9.93. The Hall–Kier alpha value is -3.39. The van der Waals surface area contributed by atoms with Gasteiger partial charge >= 0.3 is 6.18 Å². The van der Waals surface area contributed by atoms with Crippen LogP contribution in [0.25, 0.3) is 0 Å². The van der Waals surface area contributed by atoms with E-state index < -0.39 is 11.7 Å². The van der Waals surface area contributed by atoms with Crippen molar-refractivity contribution < 1.29 is 18.0 Å². The number of carbonyl (C=O) groups is 1. The largest absolute Gasteiger partial charge is 0.417 e. The molecule has 6 rings (SSSR count). The van der Waals surface area contributed by atoms with E-state index in [0.29, 0.717) is 40.3 Å². The first-order valence-corrected chi connectivity index (χ1v) is 15.7. The van der Waals surface area contributed by atoms with Crippen molar-refractivity contribution in [2.45, 2.75) is 70.1 Å². The second-order valence-electron chi connectivity index (χ2n) is 12.1. The zero-order valence-corrected chi connectivity index (χ0v) is 24.7. The van der Waals surface area contributed by atoms with Crippen LogP contribution in [0.3, 0.4) is 0 Å². The molecule has 1 spiro atoms. The summed E-state index contributed by atoms with van der Waals surface area (Å²) in [6, 6.07) is 6.65. The molecule has 1 saturated carbocycles. The van der Waals surface area contributed by atoms with Crippen LogP contribution in [0, 0.1) is 11.3 Å². The van der Waals surface area contributed by atoms with Crippen LogP contribution in [-0.2, 0) is 17.5 Å². The maximum Gasteiger partial charge on any atom is 0.417 e. The van der Waals surface area contributed by atoms with Crippen LogP contribution in [0.1, 0.15) is 62.6 Å². The van der Waals surface area contributed by atoms with Crippen molar-refractivity contribution in [1.29, 1.82) is 0 Å². The second-order valence-corrected chi connectivity index (χ2v) is 13.1. The van der Waals surface area contributed by atoms with E-state index in [9.17, 15) is 18.0 Å². The molecule has 3 aromatic heterocycles. The van der Waals surface area contributed by atoms with Crippen LogP contribution in [0.5, 0.6) is 0 Å². The lowest BCUT2D eigenvalue weighted by atomic mass is 9.65. The van der Waals surface area contributed by atoms with Gasteiger partial charge < -0.3 is 15.5 Å². The number of amides is 1. The van der Waals surface area contributed by atoms with Gasteiger partial charge in [0.25, 0.3) is 0 Å². The van der Waals surface area contributed by atoms with Gasteiger partial charge in [0, 0.05) is 44.5 Å². The van der Waals surface area contributed by atoms with Gasteiger partial charge in [-0.05, 0) is 93.6 Å². The normalized spacial score (nSPS) is 21.3. The Balaban J connectivity index is 0.898. The summed E-state index contributed by atoms with van der Waals surface area (Å²) in [7, 11) is 0. The molecule has 2 saturated heterocycles. The van der Waals surface area contributed by atoms with Crippen LogP contribution in [0.4, 0.5) is 29.3 Å². The number of anilines is 3. The number of piperidine rings is 1. The molecule has 2 N–H and O–H groups in total. The smallest absolute Gasteiger partial charge is 0.355 e. The molecule has 230 valence electrons. The third kappa shape index (κ3) is 7.58. The number of alkyl halides is 3. The lowest BCUT2D eigenvalue weighted by Gasteiger charge is -2.46. The molecule has 10 nitrogen and oxygen atoms in total. The van der Waals surface area contributed by atoms with Crippen molar-refractivity contribution >= 4 is 33.3 Å². The van der Waals surface area contributed by atoms with E-state index in [1.807, 2.05) is 12.1 Å². The first-order chi connectivity index (χ1) is 20.7. The first-order valence-electron chi connectivity index (χ1n) is 14.9. The molecule has 0 aromatic carbocycles. The Morgan fingerprint density at radius 3 is 2.49 bits per heavy atom. The summed E-state index contributed by atoms with van der Waals surface area (Å²) in [6.07, 6.45) is 6.09. The second kappa shape index (κ2) is 12.7. The minimum atomic E-state index is -4.36. The highest BCUT2D eigenvalue weighted by molar-refractivity contribution is 7.19. The Morgan fingerprint density at radius 1 is 1.00 bits per heavy atom. The average molecular weight is 616 g/mol. The van der Waals surface area contributed by atoms with Crippen molar-refractivity contribution in [1.82, 2.24) is 30.3 Å². The number of nitrogens with zero attached hydrogens (tertiary/aromatic N) is 7. The van der Waals surface area contributed by atoms with Gasteiger partial charge in [0.2, 0.25) is 16.2 Å². The van der Waals surface area contributed by atoms with Crippen LogP contribution < -0.4 is 15.5 Å². The molecule has 1 amide bonds. The van der Waals surface area contributed by atoms with Gasteiger partial charge in [0.05, 0.1) is 11.3 Å². The molecule has 0 unspecified atom stereocenters. The Kier molecular flexibility index (Phi) is 8.75. The van der Waals surface area contributed by atoms with E-state index in [1.54, 1.807) is 6.20 Å². The van der Waals surface area contributed by atoms with Crippen molar-refractivity contribution in [3.8, 4) is 0 Å². The third-order valence-electron chi connectivity index (χ3n) is 9.16. The fraction of sp³-hybridized carbons (Fsp3) is 0.586. The minimum absolute atomic E-state index is 0.0165. The molecule has 3 fully saturated rings. The van der Waals surface area contributed by atoms with E-state index in [1.165, 1.54) is 17.4 Å². The van der Waals surface area contributed by atoms with E-state index in [0.717, 1.165) is 89.2 Å². The van der Waals surface area contributed by atoms with Gasteiger partial charge in [0.1, 0.15) is 0 Å². The molecular formula is C29H36F3N9OS. The maximum absolute atomic E-state index is 12.8. The highest BCUT2D eigenvalue weighted by Crippen LogP contribution is 2.47. The average Bonchev–Trinajstić information content (AvgIpc) is 3.66. The minimum Gasteiger partial charge on any atom is -0.355 e. The van der Waals surface area contributed by atoms with Gasteiger partial charge in [-0.3, -0.25) is 14.7 Å². The molecule has 14 heteroatoms. The van der Waals surface area contributed by atoms with E-state index in [2.05, 4.69) is 45.8 Å². The van der Waals surface area contributed by atoms with Crippen molar-refractivity contribution in [3.63, 3.8) is 0 Å². The van der Waals surface area contributed by atoms with Crippen LogP contribution in [0.15, 0.2) is 36.7 Å². The van der Waals surface area contributed by atoms with Crippen LogP contribution in [-0.4, -0.2) is 68.4 Å². The molecule has 0 radical (unpaired) electrons. The lowest BCUT2D eigenvalue weighted by Crippen LogP contribution is -2.41. The summed E-state index contributed by atoms with van der Waals surface area (Å²) in [4.78, 5) is 21.3. The molecular weight excluding hydrogens is 579 g/mol.